The van der Waals surface area contributed by atoms with Gasteiger partial charge in [-0.2, -0.15) is 0 Å². The smallest absolute Gasteiger partial charge is 0.128 e. The van der Waals surface area contributed by atoms with Crippen LogP contribution in [-0.4, -0.2) is 16.5 Å². The molecule has 3 N–H and O–H groups in total. The molecule has 84 valence electrons. The third kappa shape index (κ3) is 3.11. The van der Waals surface area contributed by atoms with Gasteiger partial charge in [0.25, 0.3) is 0 Å². The number of anilines is 1. The van der Waals surface area contributed by atoms with Crippen molar-refractivity contribution in [3.63, 3.8) is 0 Å². The molecule has 0 fully saturated rings. The zero-order valence-corrected chi connectivity index (χ0v) is 9.94. The van der Waals surface area contributed by atoms with Crippen molar-refractivity contribution in [3.8, 4) is 0 Å². The summed E-state index contributed by atoms with van der Waals surface area (Å²) in [6.07, 6.45) is -0.417. The first-order valence-corrected chi connectivity index (χ1v) is 5.70. The zero-order chi connectivity index (χ0) is 11.6. The van der Waals surface area contributed by atoms with Gasteiger partial charge in [0.05, 0.1) is 6.10 Å². The van der Waals surface area contributed by atoms with Gasteiger partial charge in [0.1, 0.15) is 5.82 Å². The lowest BCUT2D eigenvalue weighted by Crippen LogP contribution is -2.15. The minimum atomic E-state index is -0.417. The molecule has 0 heterocycles. The summed E-state index contributed by atoms with van der Waals surface area (Å²) in [5.41, 5.74) is 6.70. The summed E-state index contributed by atoms with van der Waals surface area (Å²) in [5, 5.41) is 9.40. The van der Waals surface area contributed by atoms with Crippen LogP contribution in [0.5, 0.6) is 0 Å². The number of nitrogens with two attached hydrogens (primary N) is 1. The quantitative estimate of drug-likeness (QED) is 0.618. The second-order valence-corrected chi connectivity index (χ2v) is 5.12. The summed E-state index contributed by atoms with van der Waals surface area (Å²) in [7, 11) is 0. The van der Waals surface area contributed by atoms with E-state index >= 15 is 0 Å². The van der Waals surface area contributed by atoms with Gasteiger partial charge in [-0.3, -0.25) is 0 Å². The van der Waals surface area contributed by atoms with Gasteiger partial charge in [-0.05, 0) is 31.5 Å². The Kier molecular flexibility index (Phi) is 3.99. The Morgan fingerprint density at radius 3 is 2.53 bits per heavy atom. The Morgan fingerprint density at radius 2 is 2.00 bits per heavy atom. The molecule has 0 spiro atoms. The third-order valence-electron chi connectivity index (χ3n) is 2.28. The van der Waals surface area contributed by atoms with Crippen molar-refractivity contribution in [2.24, 2.45) is 0 Å². The molecule has 0 saturated carbocycles. The van der Waals surface area contributed by atoms with Crippen LogP contribution >= 0.6 is 11.8 Å². The molecule has 0 aliphatic heterocycles. The highest BCUT2D eigenvalue weighted by atomic mass is 32.2. The van der Waals surface area contributed by atoms with Crippen LogP contribution in [0, 0.1) is 12.7 Å². The first-order chi connectivity index (χ1) is 6.91. The van der Waals surface area contributed by atoms with E-state index in [1.807, 2.05) is 6.92 Å². The Hall–Kier alpha value is -0.740. The summed E-state index contributed by atoms with van der Waals surface area (Å²) < 4.78 is 13.1. The Labute approximate surface area is 93.7 Å². The Morgan fingerprint density at radius 1 is 1.40 bits per heavy atom. The fourth-order valence-corrected chi connectivity index (χ4v) is 2.11. The maximum absolute atomic E-state index is 13.1. The van der Waals surface area contributed by atoms with Crippen LogP contribution in [0.1, 0.15) is 19.4 Å². The van der Waals surface area contributed by atoms with Crippen molar-refractivity contribution < 1.29 is 9.50 Å². The van der Waals surface area contributed by atoms with Gasteiger partial charge in [0.15, 0.2) is 0 Å². The van der Waals surface area contributed by atoms with Gasteiger partial charge >= 0.3 is 0 Å². The molecular weight excluding hydrogens is 213 g/mol. The van der Waals surface area contributed by atoms with Crippen molar-refractivity contribution in [2.75, 3.05) is 5.73 Å². The van der Waals surface area contributed by atoms with Gasteiger partial charge in [-0.25, -0.2) is 4.39 Å². The Balaban J connectivity index is 2.91. The fraction of sp³-hybridized carbons (Fsp3) is 0.455. The van der Waals surface area contributed by atoms with Crippen molar-refractivity contribution in [1.82, 2.24) is 0 Å². The van der Waals surface area contributed by atoms with Crippen LogP contribution in [0.15, 0.2) is 17.0 Å². The number of halogens is 1. The van der Waals surface area contributed by atoms with Gasteiger partial charge < -0.3 is 10.8 Å². The number of nitrogen functional groups attached to an aromatic ring is 1. The molecule has 15 heavy (non-hydrogen) atoms. The fourth-order valence-electron chi connectivity index (χ4n) is 1.07. The first-order valence-electron chi connectivity index (χ1n) is 4.82. The molecule has 0 aliphatic rings. The maximum Gasteiger partial charge on any atom is 0.128 e. The van der Waals surface area contributed by atoms with E-state index in [0.717, 1.165) is 4.90 Å². The zero-order valence-electron chi connectivity index (χ0n) is 9.12. The number of hydrogen-bond acceptors (Lipinski definition) is 3. The highest BCUT2D eigenvalue weighted by Crippen LogP contribution is 2.31. The van der Waals surface area contributed by atoms with Crippen LogP contribution in [-0.2, 0) is 0 Å². The molecule has 0 aromatic heterocycles. The summed E-state index contributed by atoms with van der Waals surface area (Å²) >= 11 is 1.46. The molecule has 0 radical (unpaired) electrons. The molecule has 0 amide bonds. The number of benzene rings is 1. The number of hydrogen-bond donors (Lipinski definition) is 2. The van der Waals surface area contributed by atoms with Crippen molar-refractivity contribution in [2.45, 2.75) is 37.0 Å². The normalized spacial score (nSPS) is 15.0. The number of aliphatic hydroxyl groups excluding tert-OH is 1. The molecule has 2 unspecified atom stereocenters. The minimum absolute atomic E-state index is 0.0390. The SMILES string of the molecule is Cc1cc(SC(C)C(C)O)c(N)cc1F. The maximum atomic E-state index is 13.1. The van der Waals surface area contributed by atoms with E-state index in [4.69, 9.17) is 5.73 Å². The lowest BCUT2D eigenvalue weighted by molar-refractivity contribution is 0.196. The van der Waals surface area contributed by atoms with Gasteiger partial charge in [0.2, 0.25) is 0 Å². The lowest BCUT2D eigenvalue weighted by atomic mass is 10.2. The molecule has 2 atom stereocenters. The highest BCUT2D eigenvalue weighted by Gasteiger charge is 2.13. The second-order valence-electron chi connectivity index (χ2n) is 3.70. The van der Waals surface area contributed by atoms with Crippen molar-refractivity contribution in [3.05, 3.63) is 23.5 Å². The summed E-state index contributed by atoms with van der Waals surface area (Å²) in [6, 6.07) is 3.04. The molecule has 1 rings (SSSR count). The highest BCUT2D eigenvalue weighted by molar-refractivity contribution is 8.00. The molecule has 4 heteroatoms. The molecule has 0 aliphatic carbocycles. The van der Waals surface area contributed by atoms with Crippen LogP contribution in [0.4, 0.5) is 10.1 Å². The average molecular weight is 229 g/mol. The predicted octanol–water partition coefficient (Wildman–Crippen LogP) is 2.58. The molecular formula is C11H16FNOS. The number of rotatable bonds is 3. The van der Waals surface area contributed by atoms with Crippen molar-refractivity contribution >= 4 is 17.4 Å². The number of aliphatic hydroxyl groups is 1. The van der Waals surface area contributed by atoms with E-state index in [9.17, 15) is 9.50 Å². The van der Waals surface area contributed by atoms with Crippen LogP contribution in [0.3, 0.4) is 0 Å². The summed E-state index contributed by atoms with van der Waals surface area (Å²) in [6.45, 7) is 5.34. The number of aryl methyl sites for hydroxylation is 1. The topological polar surface area (TPSA) is 46.2 Å². The molecule has 0 saturated heterocycles. The van der Waals surface area contributed by atoms with Crippen LogP contribution < -0.4 is 5.73 Å². The van der Waals surface area contributed by atoms with E-state index in [2.05, 4.69) is 0 Å². The molecule has 1 aromatic rings. The molecule has 2 nitrogen and oxygen atoms in total. The van der Waals surface area contributed by atoms with E-state index in [1.54, 1.807) is 19.9 Å². The van der Waals surface area contributed by atoms with E-state index < -0.39 is 6.10 Å². The lowest BCUT2D eigenvalue weighted by Gasteiger charge is -2.15. The minimum Gasteiger partial charge on any atom is -0.398 e. The standard InChI is InChI=1S/C11H16FNOS/c1-6-4-11(10(13)5-9(6)12)15-8(3)7(2)14/h4-5,7-8,14H,13H2,1-3H3. The van der Waals surface area contributed by atoms with E-state index in [-0.39, 0.29) is 11.1 Å². The second kappa shape index (κ2) is 4.86. The monoisotopic (exact) mass is 229 g/mol. The van der Waals surface area contributed by atoms with Crippen LogP contribution in [0.2, 0.25) is 0 Å². The molecule has 0 bridgehead atoms. The van der Waals surface area contributed by atoms with Crippen molar-refractivity contribution in [1.29, 1.82) is 0 Å². The average Bonchev–Trinajstić information content (AvgIpc) is 2.13. The van der Waals surface area contributed by atoms with Crippen LogP contribution in [0.25, 0.3) is 0 Å². The Bertz CT molecular complexity index is 355. The summed E-state index contributed by atoms with van der Waals surface area (Å²) in [4.78, 5) is 0.822. The first kappa shape index (κ1) is 12.3. The van der Waals surface area contributed by atoms with E-state index in [1.165, 1.54) is 17.8 Å². The molecule has 1 aromatic carbocycles. The summed E-state index contributed by atoms with van der Waals surface area (Å²) in [5.74, 6) is -0.290. The van der Waals surface area contributed by atoms with Gasteiger partial charge in [-0.15, -0.1) is 11.8 Å². The third-order valence-corrected chi connectivity index (χ3v) is 3.66. The van der Waals surface area contributed by atoms with E-state index in [0.29, 0.717) is 11.3 Å². The predicted molar refractivity (Wildman–Crippen MR) is 62.5 cm³/mol. The van der Waals surface area contributed by atoms with Gasteiger partial charge in [0, 0.05) is 15.8 Å². The largest absolute Gasteiger partial charge is 0.398 e. The van der Waals surface area contributed by atoms with Gasteiger partial charge in [-0.1, -0.05) is 6.92 Å². The number of thioether (sulfide) groups is 1.